The molecule has 2 heterocycles. The Morgan fingerprint density at radius 3 is 2.67 bits per heavy atom. The van der Waals surface area contributed by atoms with Gasteiger partial charge in [-0.1, -0.05) is 32.9 Å². The zero-order chi connectivity index (χ0) is 12.4. The Hall–Kier alpha value is -0.410. The largest absolute Gasteiger partial charge is 0.365 e. The lowest BCUT2D eigenvalue weighted by atomic mass is 9.77. The second kappa shape index (κ2) is 4.04. The Labute approximate surface area is 109 Å². The summed E-state index contributed by atoms with van der Waals surface area (Å²) in [4.78, 5) is 0. The SMILES string of the molecule is C=C1C[C@]2(O)O[C@@]3(C[C@H]2C(C)C)[C@@H](C)CC[C@@H]13.F. The van der Waals surface area contributed by atoms with Crippen LogP contribution in [0.15, 0.2) is 12.2 Å². The van der Waals surface area contributed by atoms with Crippen LogP contribution in [0, 0.1) is 23.7 Å². The minimum absolute atomic E-state index is 0. The van der Waals surface area contributed by atoms with Crippen molar-refractivity contribution < 1.29 is 14.5 Å². The monoisotopic (exact) mass is 256 g/mol. The van der Waals surface area contributed by atoms with E-state index in [4.69, 9.17) is 4.74 Å². The van der Waals surface area contributed by atoms with E-state index in [-0.39, 0.29) is 16.2 Å². The Morgan fingerprint density at radius 2 is 2.06 bits per heavy atom. The lowest BCUT2D eigenvalue weighted by Gasteiger charge is -2.43. The van der Waals surface area contributed by atoms with Crippen molar-refractivity contribution in [2.24, 2.45) is 23.7 Å². The van der Waals surface area contributed by atoms with Crippen LogP contribution in [0.5, 0.6) is 0 Å². The molecule has 1 N–H and O–H groups in total. The highest BCUT2D eigenvalue weighted by atomic mass is 19.0. The van der Waals surface area contributed by atoms with Gasteiger partial charge in [0.05, 0.1) is 5.60 Å². The predicted molar refractivity (Wildman–Crippen MR) is 69.9 cm³/mol. The van der Waals surface area contributed by atoms with Crippen LogP contribution in [0.3, 0.4) is 0 Å². The molecule has 2 saturated heterocycles. The number of rotatable bonds is 1. The third-order valence-electron chi connectivity index (χ3n) is 5.58. The standard InChI is InChI=1S/C15H24O2.FH/c1-9(2)13-8-14-11(4)5-6-12(14)10(3)7-15(13,16)17-14;/h9,11-13,16H,3,5-8H2,1-2,4H3;1H/t11-,12-,13-,14-,15-;/m0./s1. The normalized spacial score (nSPS) is 50.3. The van der Waals surface area contributed by atoms with E-state index in [0.717, 1.165) is 6.42 Å². The molecule has 0 aromatic carbocycles. The molecule has 3 aliphatic rings. The number of hydrogen-bond acceptors (Lipinski definition) is 2. The molecule has 5 atom stereocenters. The highest BCUT2D eigenvalue weighted by molar-refractivity contribution is 5.24. The second-order valence-corrected chi connectivity index (χ2v) is 6.82. The predicted octanol–water partition coefficient (Wildman–Crippen LogP) is 3.26. The summed E-state index contributed by atoms with van der Waals surface area (Å²) in [6.45, 7) is 10.9. The Bertz CT molecular complexity index is 368. The van der Waals surface area contributed by atoms with Crippen LogP contribution >= 0.6 is 0 Å². The molecular formula is C15H25FO2. The first-order valence-electron chi connectivity index (χ1n) is 6.99. The van der Waals surface area contributed by atoms with Crippen molar-refractivity contribution in [3.63, 3.8) is 0 Å². The minimum Gasteiger partial charge on any atom is -0.365 e. The second-order valence-electron chi connectivity index (χ2n) is 6.82. The van der Waals surface area contributed by atoms with Gasteiger partial charge in [-0.2, -0.15) is 0 Å². The highest BCUT2D eigenvalue weighted by Crippen LogP contribution is 2.63. The van der Waals surface area contributed by atoms with Gasteiger partial charge in [0.1, 0.15) is 0 Å². The van der Waals surface area contributed by atoms with E-state index >= 15 is 0 Å². The first kappa shape index (κ1) is 14.0. The zero-order valence-corrected chi connectivity index (χ0v) is 11.6. The number of ether oxygens (including phenoxy) is 1. The van der Waals surface area contributed by atoms with Crippen LogP contribution in [0.2, 0.25) is 0 Å². The van der Waals surface area contributed by atoms with E-state index < -0.39 is 5.79 Å². The molecule has 104 valence electrons. The lowest BCUT2D eigenvalue weighted by Crippen LogP contribution is -2.48. The highest BCUT2D eigenvalue weighted by Gasteiger charge is 2.66. The third kappa shape index (κ3) is 1.53. The number of hydrogen-bond donors (Lipinski definition) is 1. The molecule has 0 aromatic heterocycles. The van der Waals surface area contributed by atoms with Gasteiger partial charge in [0.15, 0.2) is 5.79 Å². The topological polar surface area (TPSA) is 29.5 Å². The molecule has 3 fully saturated rings. The summed E-state index contributed by atoms with van der Waals surface area (Å²) in [6.07, 6.45) is 4.08. The van der Waals surface area contributed by atoms with Crippen molar-refractivity contribution in [3.05, 3.63) is 12.2 Å². The van der Waals surface area contributed by atoms with Crippen LogP contribution < -0.4 is 0 Å². The Balaban J connectivity index is 0.00000120. The van der Waals surface area contributed by atoms with Crippen molar-refractivity contribution in [2.75, 3.05) is 0 Å². The number of fused-ring (bicyclic) bond motifs is 1. The fourth-order valence-corrected chi connectivity index (χ4v) is 4.64. The van der Waals surface area contributed by atoms with Crippen LogP contribution in [-0.2, 0) is 4.74 Å². The summed E-state index contributed by atoms with van der Waals surface area (Å²) < 4.78 is 6.25. The summed E-state index contributed by atoms with van der Waals surface area (Å²) in [7, 11) is 0. The van der Waals surface area contributed by atoms with Crippen LogP contribution in [0.4, 0.5) is 4.70 Å². The molecule has 2 aliphatic heterocycles. The molecule has 0 aromatic rings. The first-order valence-corrected chi connectivity index (χ1v) is 6.99. The molecule has 18 heavy (non-hydrogen) atoms. The Morgan fingerprint density at radius 1 is 1.39 bits per heavy atom. The number of halogens is 1. The van der Waals surface area contributed by atoms with E-state index in [1.165, 1.54) is 18.4 Å². The smallest absolute Gasteiger partial charge is 0.173 e. The lowest BCUT2D eigenvalue weighted by molar-refractivity contribution is -0.269. The van der Waals surface area contributed by atoms with Crippen molar-refractivity contribution >= 4 is 0 Å². The molecule has 3 heteroatoms. The maximum atomic E-state index is 10.8. The average molecular weight is 256 g/mol. The van der Waals surface area contributed by atoms with E-state index in [1.807, 2.05) is 0 Å². The van der Waals surface area contributed by atoms with Gasteiger partial charge in [0.25, 0.3) is 0 Å². The van der Waals surface area contributed by atoms with Gasteiger partial charge in [-0.15, -0.1) is 0 Å². The number of aliphatic hydroxyl groups is 1. The molecule has 2 nitrogen and oxygen atoms in total. The maximum Gasteiger partial charge on any atom is 0.173 e. The van der Waals surface area contributed by atoms with Crippen LogP contribution in [0.25, 0.3) is 0 Å². The van der Waals surface area contributed by atoms with Gasteiger partial charge in [0, 0.05) is 18.3 Å². The first-order chi connectivity index (χ1) is 7.89. The molecule has 0 amide bonds. The summed E-state index contributed by atoms with van der Waals surface area (Å²) >= 11 is 0. The molecule has 1 aliphatic carbocycles. The van der Waals surface area contributed by atoms with E-state index in [1.54, 1.807) is 0 Å². The van der Waals surface area contributed by atoms with E-state index in [2.05, 4.69) is 27.4 Å². The molecule has 2 bridgehead atoms. The van der Waals surface area contributed by atoms with Gasteiger partial charge >= 0.3 is 0 Å². The summed E-state index contributed by atoms with van der Waals surface area (Å²) in [5.41, 5.74) is 1.13. The summed E-state index contributed by atoms with van der Waals surface area (Å²) in [6, 6.07) is 0. The van der Waals surface area contributed by atoms with Crippen molar-refractivity contribution in [2.45, 2.75) is 57.8 Å². The summed E-state index contributed by atoms with van der Waals surface area (Å²) in [5.74, 6) is 0.852. The molecule has 3 rings (SSSR count). The van der Waals surface area contributed by atoms with E-state index in [9.17, 15) is 5.11 Å². The molecule has 1 saturated carbocycles. The molecule has 0 radical (unpaired) electrons. The van der Waals surface area contributed by atoms with Gasteiger partial charge in [-0.3, -0.25) is 4.70 Å². The van der Waals surface area contributed by atoms with Crippen molar-refractivity contribution in [1.82, 2.24) is 0 Å². The van der Waals surface area contributed by atoms with Gasteiger partial charge in [-0.05, 0) is 31.1 Å². The minimum atomic E-state index is -0.930. The van der Waals surface area contributed by atoms with Crippen molar-refractivity contribution in [3.8, 4) is 0 Å². The maximum absolute atomic E-state index is 10.8. The quantitative estimate of drug-likeness (QED) is 0.730. The van der Waals surface area contributed by atoms with E-state index in [0.29, 0.717) is 24.2 Å². The molecule has 1 spiro atoms. The molecule has 0 unspecified atom stereocenters. The van der Waals surface area contributed by atoms with Gasteiger partial charge in [-0.25, -0.2) is 0 Å². The van der Waals surface area contributed by atoms with Gasteiger partial charge in [0.2, 0.25) is 0 Å². The fraction of sp³-hybridized carbons (Fsp3) is 0.867. The van der Waals surface area contributed by atoms with Crippen LogP contribution in [0.1, 0.15) is 46.5 Å². The van der Waals surface area contributed by atoms with Gasteiger partial charge < -0.3 is 9.84 Å². The van der Waals surface area contributed by atoms with Crippen LogP contribution in [-0.4, -0.2) is 16.5 Å². The third-order valence-corrected chi connectivity index (χ3v) is 5.58. The van der Waals surface area contributed by atoms with Crippen molar-refractivity contribution in [1.29, 1.82) is 0 Å². The fourth-order valence-electron chi connectivity index (χ4n) is 4.64. The Kier molecular flexibility index (Phi) is 3.14. The average Bonchev–Trinajstić information content (AvgIpc) is 2.65. The summed E-state index contributed by atoms with van der Waals surface area (Å²) in [5, 5.41) is 10.8. The molecular weight excluding hydrogens is 231 g/mol. The zero-order valence-electron chi connectivity index (χ0n) is 11.6.